The molecule has 3 rings (SSSR count). The van der Waals surface area contributed by atoms with Gasteiger partial charge in [0.15, 0.2) is 0 Å². The molecule has 1 aliphatic rings. The van der Waals surface area contributed by atoms with E-state index in [2.05, 4.69) is 5.32 Å². The average molecular weight is 344 g/mol. The normalized spacial score (nSPS) is 18.3. The van der Waals surface area contributed by atoms with Crippen molar-refractivity contribution in [1.82, 2.24) is 5.32 Å². The lowest BCUT2D eigenvalue weighted by Gasteiger charge is -2.19. The molecule has 2 amide bonds. The maximum atomic E-state index is 13.9. The zero-order valence-electron chi connectivity index (χ0n) is 13.7. The minimum absolute atomic E-state index is 0.00203. The molecule has 25 heavy (non-hydrogen) atoms. The third-order valence-corrected chi connectivity index (χ3v) is 4.38. The van der Waals surface area contributed by atoms with Gasteiger partial charge in [0, 0.05) is 12.6 Å². The van der Waals surface area contributed by atoms with Crippen LogP contribution in [0.15, 0.2) is 48.5 Å². The standard InChI is InChI=1S/C19H18F2N2O2/c1-12(13-5-3-2-4-6-13)22-18(24)15-9-10-23(19(15)25)17-8-7-14(20)11-16(17)21/h2-8,11-12,15H,9-10H2,1H3,(H,22,24). The summed E-state index contributed by atoms with van der Waals surface area (Å²) in [6.45, 7) is 2.06. The first-order valence-electron chi connectivity index (χ1n) is 8.09. The second kappa shape index (κ2) is 7.01. The van der Waals surface area contributed by atoms with Crippen molar-refractivity contribution in [3.63, 3.8) is 0 Å². The molecule has 0 aromatic heterocycles. The van der Waals surface area contributed by atoms with Crippen molar-refractivity contribution < 1.29 is 18.4 Å². The van der Waals surface area contributed by atoms with Crippen LogP contribution in [0.2, 0.25) is 0 Å². The molecule has 1 fully saturated rings. The molecule has 2 unspecified atom stereocenters. The molecule has 0 spiro atoms. The van der Waals surface area contributed by atoms with Crippen molar-refractivity contribution in [3.05, 3.63) is 65.7 Å². The van der Waals surface area contributed by atoms with E-state index in [-0.39, 0.29) is 24.2 Å². The van der Waals surface area contributed by atoms with Gasteiger partial charge in [-0.25, -0.2) is 8.78 Å². The average Bonchev–Trinajstić information content (AvgIpc) is 2.97. The smallest absolute Gasteiger partial charge is 0.239 e. The summed E-state index contributed by atoms with van der Waals surface area (Å²) in [5, 5.41) is 2.82. The van der Waals surface area contributed by atoms with Crippen LogP contribution >= 0.6 is 0 Å². The predicted octanol–water partition coefficient (Wildman–Crippen LogP) is 3.20. The Morgan fingerprint density at radius 1 is 1.20 bits per heavy atom. The van der Waals surface area contributed by atoms with Gasteiger partial charge in [-0.3, -0.25) is 9.59 Å². The van der Waals surface area contributed by atoms with E-state index in [0.29, 0.717) is 6.42 Å². The van der Waals surface area contributed by atoms with Crippen LogP contribution in [0.4, 0.5) is 14.5 Å². The van der Waals surface area contributed by atoms with Crippen molar-refractivity contribution in [3.8, 4) is 0 Å². The van der Waals surface area contributed by atoms with Crippen molar-refractivity contribution in [2.24, 2.45) is 5.92 Å². The first-order chi connectivity index (χ1) is 12.0. The zero-order valence-corrected chi connectivity index (χ0v) is 13.7. The number of carbonyl (C=O) groups is 2. The fourth-order valence-electron chi connectivity index (χ4n) is 3.00. The molecule has 2 atom stereocenters. The number of amides is 2. The van der Waals surface area contributed by atoms with Crippen LogP contribution in [0.3, 0.4) is 0 Å². The summed E-state index contributed by atoms with van der Waals surface area (Å²) in [6, 6.07) is 12.2. The summed E-state index contributed by atoms with van der Waals surface area (Å²) < 4.78 is 26.9. The minimum atomic E-state index is -0.865. The fraction of sp³-hybridized carbons (Fsp3) is 0.263. The highest BCUT2D eigenvalue weighted by atomic mass is 19.1. The van der Waals surface area contributed by atoms with Crippen LogP contribution in [-0.2, 0) is 9.59 Å². The summed E-state index contributed by atoms with van der Waals surface area (Å²) >= 11 is 0. The Labute approximate surface area is 144 Å². The minimum Gasteiger partial charge on any atom is -0.349 e. The van der Waals surface area contributed by atoms with Crippen molar-refractivity contribution in [2.45, 2.75) is 19.4 Å². The third-order valence-electron chi connectivity index (χ3n) is 4.38. The first kappa shape index (κ1) is 17.1. The Bertz CT molecular complexity index is 795. The van der Waals surface area contributed by atoms with Crippen molar-refractivity contribution in [2.75, 3.05) is 11.4 Å². The summed E-state index contributed by atoms with van der Waals surface area (Å²) in [7, 11) is 0. The third kappa shape index (κ3) is 3.52. The summed E-state index contributed by atoms with van der Waals surface area (Å²) in [4.78, 5) is 26.2. The molecule has 1 saturated heterocycles. The lowest BCUT2D eigenvalue weighted by molar-refractivity contribution is -0.132. The number of halogens is 2. The highest BCUT2D eigenvalue weighted by Crippen LogP contribution is 2.28. The van der Waals surface area contributed by atoms with Crippen LogP contribution in [0, 0.1) is 17.6 Å². The van der Waals surface area contributed by atoms with Gasteiger partial charge in [-0.1, -0.05) is 30.3 Å². The van der Waals surface area contributed by atoms with Gasteiger partial charge < -0.3 is 10.2 Å². The number of nitrogens with one attached hydrogen (secondary N) is 1. The van der Waals surface area contributed by atoms with E-state index in [0.717, 1.165) is 17.7 Å². The molecule has 2 aromatic rings. The van der Waals surface area contributed by atoms with E-state index in [9.17, 15) is 18.4 Å². The van der Waals surface area contributed by atoms with Crippen molar-refractivity contribution in [1.29, 1.82) is 0 Å². The van der Waals surface area contributed by atoms with Gasteiger partial charge in [0.1, 0.15) is 17.6 Å². The molecule has 0 aliphatic carbocycles. The zero-order chi connectivity index (χ0) is 18.0. The number of carbonyl (C=O) groups excluding carboxylic acids is 2. The number of nitrogens with zero attached hydrogens (tertiary/aromatic N) is 1. The Morgan fingerprint density at radius 3 is 2.60 bits per heavy atom. The monoisotopic (exact) mass is 344 g/mol. The Hall–Kier alpha value is -2.76. The summed E-state index contributed by atoms with van der Waals surface area (Å²) in [6.07, 6.45) is 0.295. The van der Waals surface area contributed by atoms with E-state index in [1.54, 1.807) is 0 Å². The largest absolute Gasteiger partial charge is 0.349 e. The number of hydrogen-bond donors (Lipinski definition) is 1. The number of hydrogen-bond acceptors (Lipinski definition) is 2. The molecule has 0 radical (unpaired) electrons. The molecular formula is C19H18F2N2O2. The van der Waals surface area contributed by atoms with Gasteiger partial charge >= 0.3 is 0 Å². The van der Waals surface area contributed by atoms with Gasteiger partial charge in [-0.05, 0) is 31.0 Å². The lowest BCUT2D eigenvalue weighted by Crippen LogP contribution is -2.38. The Kier molecular flexibility index (Phi) is 4.79. The van der Waals surface area contributed by atoms with E-state index >= 15 is 0 Å². The van der Waals surface area contributed by atoms with E-state index in [1.807, 2.05) is 37.3 Å². The maximum Gasteiger partial charge on any atom is 0.239 e. The van der Waals surface area contributed by atoms with E-state index < -0.39 is 23.5 Å². The van der Waals surface area contributed by atoms with Gasteiger partial charge in [-0.2, -0.15) is 0 Å². The van der Waals surface area contributed by atoms with E-state index in [4.69, 9.17) is 0 Å². The van der Waals surface area contributed by atoms with Gasteiger partial charge in [0.05, 0.1) is 11.7 Å². The maximum absolute atomic E-state index is 13.9. The molecule has 130 valence electrons. The fourth-order valence-corrected chi connectivity index (χ4v) is 3.00. The highest BCUT2D eigenvalue weighted by molar-refractivity contribution is 6.09. The van der Waals surface area contributed by atoms with Crippen molar-refractivity contribution >= 4 is 17.5 Å². The van der Waals surface area contributed by atoms with Crippen LogP contribution in [0.1, 0.15) is 24.9 Å². The Balaban J connectivity index is 1.70. The van der Waals surface area contributed by atoms with Gasteiger partial charge in [-0.15, -0.1) is 0 Å². The summed E-state index contributed by atoms with van der Waals surface area (Å²) in [5.74, 6) is -3.24. The second-order valence-electron chi connectivity index (χ2n) is 6.07. The molecule has 0 saturated carbocycles. The van der Waals surface area contributed by atoms with Gasteiger partial charge in [0.2, 0.25) is 11.8 Å². The molecule has 1 heterocycles. The quantitative estimate of drug-likeness (QED) is 0.866. The second-order valence-corrected chi connectivity index (χ2v) is 6.07. The highest BCUT2D eigenvalue weighted by Gasteiger charge is 2.38. The number of rotatable bonds is 4. The van der Waals surface area contributed by atoms with Crippen LogP contribution < -0.4 is 10.2 Å². The van der Waals surface area contributed by atoms with Crippen LogP contribution in [0.5, 0.6) is 0 Å². The molecular weight excluding hydrogens is 326 g/mol. The van der Waals surface area contributed by atoms with Gasteiger partial charge in [0.25, 0.3) is 0 Å². The summed E-state index contributed by atoms with van der Waals surface area (Å²) in [5.41, 5.74) is 0.931. The molecule has 0 bridgehead atoms. The number of anilines is 1. The molecule has 4 nitrogen and oxygen atoms in total. The first-order valence-corrected chi connectivity index (χ1v) is 8.09. The van der Waals surface area contributed by atoms with E-state index in [1.165, 1.54) is 11.0 Å². The molecule has 2 aromatic carbocycles. The Morgan fingerprint density at radius 2 is 1.92 bits per heavy atom. The van der Waals surface area contributed by atoms with Crippen LogP contribution in [-0.4, -0.2) is 18.4 Å². The SMILES string of the molecule is CC(NC(=O)C1CCN(c2ccc(F)cc2F)C1=O)c1ccccc1. The molecule has 1 aliphatic heterocycles. The molecule has 1 N–H and O–H groups in total. The lowest BCUT2D eigenvalue weighted by atomic mass is 10.0. The predicted molar refractivity (Wildman–Crippen MR) is 89.8 cm³/mol. The molecule has 6 heteroatoms. The number of benzene rings is 2. The topological polar surface area (TPSA) is 49.4 Å². The van der Waals surface area contributed by atoms with Crippen LogP contribution in [0.25, 0.3) is 0 Å².